The van der Waals surface area contributed by atoms with E-state index in [-0.39, 0.29) is 5.91 Å². The first kappa shape index (κ1) is 16.5. The number of amides is 1. The summed E-state index contributed by atoms with van der Waals surface area (Å²) >= 11 is 0. The summed E-state index contributed by atoms with van der Waals surface area (Å²) in [6.45, 7) is 2.01. The van der Waals surface area contributed by atoms with Gasteiger partial charge in [0, 0.05) is 43.0 Å². The lowest BCUT2D eigenvalue weighted by atomic mass is 10.0. The largest absolute Gasteiger partial charge is 0.338 e. The van der Waals surface area contributed by atoms with Crippen molar-refractivity contribution in [1.29, 1.82) is 0 Å². The van der Waals surface area contributed by atoms with E-state index in [9.17, 15) is 4.79 Å². The fourth-order valence-electron chi connectivity index (χ4n) is 3.58. The summed E-state index contributed by atoms with van der Waals surface area (Å²) in [5, 5.41) is 7.04. The molecule has 1 aliphatic heterocycles. The molecule has 0 bridgehead atoms. The number of nitrogens with zero attached hydrogens (tertiary/aromatic N) is 2. The Morgan fingerprint density at radius 3 is 2.73 bits per heavy atom. The molecule has 3 N–H and O–H groups in total. The fourth-order valence-corrected chi connectivity index (χ4v) is 3.58. The van der Waals surface area contributed by atoms with Gasteiger partial charge in [-0.05, 0) is 47.4 Å². The minimum Gasteiger partial charge on any atom is -0.338 e. The number of H-pyrrole nitrogens is 1. The van der Waals surface area contributed by atoms with Crippen LogP contribution >= 0.6 is 0 Å². The van der Waals surface area contributed by atoms with E-state index < -0.39 is 0 Å². The number of hydrogen-bond donors (Lipinski definition) is 2. The SMILES string of the molecule is NCc1cccc(-c2cccc(C(=O)N3CCC(c4ccn[nH]4)C3)c2)c1. The van der Waals surface area contributed by atoms with E-state index in [4.69, 9.17) is 5.73 Å². The van der Waals surface area contributed by atoms with Crippen molar-refractivity contribution in [2.45, 2.75) is 18.9 Å². The van der Waals surface area contributed by atoms with Gasteiger partial charge in [-0.1, -0.05) is 30.3 Å². The van der Waals surface area contributed by atoms with Gasteiger partial charge in [0.25, 0.3) is 5.91 Å². The molecule has 2 aromatic carbocycles. The summed E-state index contributed by atoms with van der Waals surface area (Å²) in [5.41, 5.74) is 10.8. The number of nitrogens with two attached hydrogens (primary N) is 1. The smallest absolute Gasteiger partial charge is 0.253 e. The van der Waals surface area contributed by atoms with Crippen LogP contribution in [0, 0.1) is 0 Å². The first-order valence-corrected chi connectivity index (χ1v) is 8.92. The zero-order valence-corrected chi connectivity index (χ0v) is 14.6. The first-order valence-electron chi connectivity index (χ1n) is 8.92. The Bertz CT molecular complexity index is 904. The summed E-state index contributed by atoms with van der Waals surface area (Å²) in [6, 6.07) is 18.0. The highest BCUT2D eigenvalue weighted by Gasteiger charge is 2.28. The molecule has 1 amide bonds. The lowest BCUT2D eigenvalue weighted by Crippen LogP contribution is -2.28. The maximum absolute atomic E-state index is 12.9. The second-order valence-electron chi connectivity index (χ2n) is 6.73. The molecule has 0 radical (unpaired) electrons. The summed E-state index contributed by atoms with van der Waals surface area (Å²) in [7, 11) is 0. The monoisotopic (exact) mass is 346 g/mol. The minimum atomic E-state index is 0.0869. The maximum Gasteiger partial charge on any atom is 0.253 e. The number of likely N-dealkylation sites (tertiary alicyclic amines) is 1. The molecule has 26 heavy (non-hydrogen) atoms. The van der Waals surface area contributed by atoms with Crippen LogP contribution in [-0.2, 0) is 6.54 Å². The van der Waals surface area contributed by atoms with Gasteiger partial charge < -0.3 is 10.6 Å². The molecule has 3 aromatic rings. The Labute approximate surface area is 152 Å². The number of hydrogen-bond acceptors (Lipinski definition) is 3. The zero-order valence-electron chi connectivity index (χ0n) is 14.6. The van der Waals surface area contributed by atoms with Gasteiger partial charge in [0.1, 0.15) is 0 Å². The average Bonchev–Trinajstić information content (AvgIpc) is 3.39. The van der Waals surface area contributed by atoms with Gasteiger partial charge in [0.05, 0.1) is 0 Å². The van der Waals surface area contributed by atoms with Crippen LogP contribution in [0.2, 0.25) is 0 Å². The number of carbonyl (C=O) groups is 1. The van der Waals surface area contributed by atoms with Crippen LogP contribution in [-0.4, -0.2) is 34.1 Å². The van der Waals surface area contributed by atoms with E-state index in [2.05, 4.69) is 16.3 Å². The van der Waals surface area contributed by atoms with Crippen LogP contribution in [0.4, 0.5) is 0 Å². The number of nitrogens with one attached hydrogen (secondary N) is 1. The topological polar surface area (TPSA) is 75.0 Å². The third-order valence-corrected chi connectivity index (χ3v) is 5.04. The van der Waals surface area contributed by atoms with Gasteiger partial charge >= 0.3 is 0 Å². The Kier molecular flexibility index (Phi) is 4.54. The summed E-state index contributed by atoms with van der Waals surface area (Å²) in [6.07, 6.45) is 2.73. The molecule has 4 rings (SSSR count). The molecule has 1 unspecified atom stereocenters. The van der Waals surface area contributed by atoms with Gasteiger partial charge in [0.15, 0.2) is 0 Å². The van der Waals surface area contributed by atoms with E-state index in [0.29, 0.717) is 12.5 Å². The van der Waals surface area contributed by atoms with Gasteiger partial charge in [-0.3, -0.25) is 9.89 Å². The second kappa shape index (κ2) is 7.14. The molecular formula is C21H22N4O. The third-order valence-electron chi connectivity index (χ3n) is 5.04. The van der Waals surface area contributed by atoms with Gasteiger partial charge in [0.2, 0.25) is 0 Å². The highest BCUT2D eigenvalue weighted by molar-refractivity contribution is 5.95. The predicted molar refractivity (Wildman–Crippen MR) is 102 cm³/mol. The molecule has 0 aliphatic carbocycles. The van der Waals surface area contributed by atoms with Crippen molar-refractivity contribution in [3.63, 3.8) is 0 Å². The van der Waals surface area contributed by atoms with E-state index >= 15 is 0 Å². The van der Waals surface area contributed by atoms with Crippen LogP contribution in [0.5, 0.6) is 0 Å². The Balaban J connectivity index is 1.54. The van der Waals surface area contributed by atoms with Gasteiger partial charge in [-0.2, -0.15) is 5.10 Å². The van der Waals surface area contributed by atoms with E-state index in [1.807, 2.05) is 53.4 Å². The minimum absolute atomic E-state index is 0.0869. The molecule has 0 spiro atoms. The third kappa shape index (κ3) is 3.26. The van der Waals surface area contributed by atoms with Crippen LogP contribution in [0.15, 0.2) is 60.8 Å². The van der Waals surface area contributed by atoms with E-state index in [1.165, 1.54) is 0 Å². The summed E-state index contributed by atoms with van der Waals surface area (Å²) < 4.78 is 0. The molecular weight excluding hydrogens is 324 g/mol. The van der Waals surface area contributed by atoms with Crippen molar-refractivity contribution in [3.8, 4) is 11.1 Å². The van der Waals surface area contributed by atoms with Gasteiger partial charge in [-0.15, -0.1) is 0 Å². The molecule has 5 nitrogen and oxygen atoms in total. The zero-order chi connectivity index (χ0) is 17.9. The quantitative estimate of drug-likeness (QED) is 0.762. The van der Waals surface area contributed by atoms with Crippen molar-refractivity contribution >= 4 is 5.91 Å². The normalized spacial score (nSPS) is 16.8. The lowest BCUT2D eigenvalue weighted by Gasteiger charge is -2.17. The van der Waals surface area contributed by atoms with Gasteiger partial charge in [-0.25, -0.2) is 0 Å². The molecule has 1 atom stereocenters. The van der Waals surface area contributed by atoms with E-state index in [0.717, 1.165) is 47.5 Å². The van der Waals surface area contributed by atoms with Crippen molar-refractivity contribution in [2.24, 2.45) is 5.73 Å². The molecule has 1 saturated heterocycles. The number of aromatic amines is 1. The highest BCUT2D eigenvalue weighted by atomic mass is 16.2. The molecule has 0 saturated carbocycles. The summed E-state index contributed by atoms with van der Waals surface area (Å²) in [5.74, 6) is 0.426. The van der Waals surface area contributed by atoms with Crippen molar-refractivity contribution < 1.29 is 4.79 Å². The van der Waals surface area contributed by atoms with Crippen molar-refractivity contribution in [2.75, 3.05) is 13.1 Å². The van der Waals surface area contributed by atoms with Crippen molar-refractivity contribution in [1.82, 2.24) is 15.1 Å². The van der Waals surface area contributed by atoms with Crippen LogP contribution < -0.4 is 5.73 Å². The van der Waals surface area contributed by atoms with Crippen molar-refractivity contribution in [3.05, 3.63) is 77.6 Å². The van der Waals surface area contributed by atoms with E-state index in [1.54, 1.807) is 6.20 Å². The highest BCUT2D eigenvalue weighted by Crippen LogP contribution is 2.28. The number of aromatic nitrogens is 2. The average molecular weight is 346 g/mol. The van der Waals surface area contributed by atoms with Crippen LogP contribution in [0.3, 0.4) is 0 Å². The molecule has 1 fully saturated rings. The Morgan fingerprint density at radius 1 is 1.15 bits per heavy atom. The summed E-state index contributed by atoms with van der Waals surface area (Å²) in [4.78, 5) is 14.9. The molecule has 1 aromatic heterocycles. The maximum atomic E-state index is 12.9. The number of benzene rings is 2. The molecule has 1 aliphatic rings. The first-order chi connectivity index (χ1) is 12.7. The standard InChI is InChI=1S/C21H22N4O/c22-13-15-3-1-4-16(11-15)17-5-2-6-18(12-17)21(26)25-10-8-19(14-25)20-7-9-23-24-20/h1-7,9,11-12,19H,8,10,13-14,22H2,(H,23,24). The van der Waals surface area contributed by atoms with Crippen LogP contribution in [0.1, 0.15) is 34.0 Å². The van der Waals surface area contributed by atoms with Crippen LogP contribution in [0.25, 0.3) is 11.1 Å². The molecule has 2 heterocycles. The Hall–Kier alpha value is -2.92. The molecule has 132 valence electrons. The fraction of sp³-hybridized carbons (Fsp3) is 0.238. The molecule has 5 heteroatoms. The lowest BCUT2D eigenvalue weighted by molar-refractivity contribution is 0.0790. The number of carbonyl (C=O) groups excluding carboxylic acids is 1. The second-order valence-corrected chi connectivity index (χ2v) is 6.73. The predicted octanol–water partition coefficient (Wildman–Crippen LogP) is 3.17. The number of rotatable bonds is 4. The Morgan fingerprint density at radius 2 is 1.96 bits per heavy atom.